The molecule has 10 atom stereocenters. The van der Waals surface area contributed by atoms with Gasteiger partial charge in [0.05, 0.1) is 19.3 Å². The van der Waals surface area contributed by atoms with Gasteiger partial charge in [0, 0.05) is 26.3 Å². The molecule has 6 amide bonds. The van der Waals surface area contributed by atoms with Gasteiger partial charge >= 0.3 is 5.97 Å². The monoisotopic (exact) mass is 854 g/mol. The lowest BCUT2D eigenvalue weighted by molar-refractivity contribution is -0.326. The Bertz CT molecular complexity index is 1650. The summed E-state index contributed by atoms with van der Waals surface area (Å²) in [5.41, 5.74) is 0.0616. The van der Waals surface area contributed by atoms with Gasteiger partial charge in [-0.2, -0.15) is 5.10 Å². The van der Waals surface area contributed by atoms with Crippen LogP contribution >= 0.6 is 0 Å². The number of ether oxygens (including phenoxy) is 3. The molecule has 4 heterocycles. The molecule has 4 rings (SSSR count). The molecule has 0 aliphatic carbocycles. The van der Waals surface area contributed by atoms with E-state index in [0.29, 0.717) is 12.3 Å². The number of nitrogens with zero attached hydrogens (tertiary/aromatic N) is 5. The smallest absolute Gasteiger partial charge is 0.331 e. The summed E-state index contributed by atoms with van der Waals surface area (Å²) in [7, 11) is 1.19. The van der Waals surface area contributed by atoms with Crippen molar-refractivity contribution in [1.82, 2.24) is 36.2 Å². The second-order valence-corrected chi connectivity index (χ2v) is 16.8. The Hall–Kier alpha value is -4.32. The fourth-order valence-corrected chi connectivity index (χ4v) is 7.84. The van der Waals surface area contributed by atoms with Crippen LogP contribution in [0.3, 0.4) is 0 Å². The fourth-order valence-electron chi connectivity index (χ4n) is 7.84. The highest BCUT2D eigenvalue weighted by molar-refractivity contribution is 5.97. The third kappa shape index (κ3) is 10.4. The van der Waals surface area contributed by atoms with Crippen LogP contribution < -0.4 is 16.1 Å². The number of rotatable bonds is 8. The Morgan fingerprint density at radius 1 is 1.03 bits per heavy atom. The number of hydrazine groups is 1. The minimum Gasteiger partial charge on any atom is -0.458 e. The van der Waals surface area contributed by atoms with Gasteiger partial charge in [-0.25, -0.2) is 25.4 Å². The highest BCUT2D eigenvalue weighted by Gasteiger charge is 2.57. The number of hydrogen-bond acceptors (Lipinski definition) is 16. The molecule has 0 bridgehead atoms. The zero-order valence-corrected chi connectivity index (χ0v) is 35.5. The molecule has 0 unspecified atom stereocenters. The zero-order chi connectivity index (χ0) is 44.9. The molecule has 338 valence electrons. The predicted molar refractivity (Wildman–Crippen MR) is 207 cm³/mol. The summed E-state index contributed by atoms with van der Waals surface area (Å²) in [4.78, 5) is 97.4. The molecule has 0 spiro atoms. The minimum atomic E-state index is -2.72. The first-order chi connectivity index (χ1) is 28.1. The van der Waals surface area contributed by atoms with Gasteiger partial charge in [0.2, 0.25) is 11.7 Å². The summed E-state index contributed by atoms with van der Waals surface area (Å²) >= 11 is 0. The number of carbonyl (C=O) groups excluding carboxylic acids is 7. The highest BCUT2D eigenvalue weighted by Crippen LogP contribution is 2.40. The van der Waals surface area contributed by atoms with E-state index >= 15 is 0 Å². The van der Waals surface area contributed by atoms with Crippen LogP contribution in [0.15, 0.2) is 5.10 Å². The molecule has 60 heavy (non-hydrogen) atoms. The van der Waals surface area contributed by atoms with Gasteiger partial charge in [-0.1, -0.05) is 27.7 Å². The second-order valence-electron chi connectivity index (χ2n) is 16.8. The molecule has 0 saturated carbocycles. The van der Waals surface area contributed by atoms with Crippen molar-refractivity contribution in [2.45, 2.75) is 147 Å². The van der Waals surface area contributed by atoms with Gasteiger partial charge < -0.3 is 35.1 Å². The predicted octanol–water partition coefficient (Wildman–Crippen LogP) is -1.22. The van der Waals surface area contributed by atoms with E-state index in [4.69, 9.17) is 14.2 Å². The number of hydrazone groups is 1. The van der Waals surface area contributed by atoms with E-state index in [2.05, 4.69) is 21.2 Å². The molecule has 3 fully saturated rings. The summed E-state index contributed by atoms with van der Waals surface area (Å²) in [6.45, 7) is 9.73. The summed E-state index contributed by atoms with van der Waals surface area (Å²) < 4.78 is 16.8. The van der Waals surface area contributed by atoms with E-state index < -0.39 is 114 Å². The first-order valence-electron chi connectivity index (χ1n) is 20.4. The van der Waals surface area contributed by atoms with Gasteiger partial charge in [0.1, 0.15) is 24.2 Å². The Balaban J connectivity index is 1.80. The van der Waals surface area contributed by atoms with Crippen LogP contribution in [-0.2, 0) is 47.8 Å². The molecule has 22 nitrogen and oxygen atoms in total. The van der Waals surface area contributed by atoms with Gasteiger partial charge in [-0.15, -0.1) is 0 Å². The molecule has 0 radical (unpaired) electrons. The number of hydrogen-bond donors (Lipinski definition) is 7. The van der Waals surface area contributed by atoms with Crippen molar-refractivity contribution in [1.29, 1.82) is 0 Å². The molecule has 3 saturated heterocycles. The van der Waals surface area contributed by atoms with E-state index in [1.54, 1.807) is 6.92 Å². The molecule has 4 aliphatic heterocycles. The Labute approximate surface area is 348 Å². The van der Waals surface area contributed by atoms with Crippen LogP contribution in [0.1, 0.15) is 93.4 Å². The van der Waals surface area contributed by atoms with Crippen molar-refractivity contribution in [3.63, 3.8) is 0 Å². The van der Waals surface area contributed by atoms with Gasteiger partial charge in [0.15, 0.2) is 17.7 Å². The molecule has 22 heteroatoms. The maximum Gasteiger partial charge on any atom is 0.331 e. The Kier molecular flexibility index (Phi) is 16.1. The number of aliphatic hydroxyl groups is 2. The average Bonchev–Trinajstić information content (AvgIpc) is 3.21. The normalized spacial score (nSPS) is 33.0. The lowest BCUT2D eigenvalue weighted by atomic mass is 9.79. The van der Waals surface area contributed by atoms with Gasteiger partial charge in [-0.3, -0.25) is 44.2 Å². The van der Waals surface area contributed by atoms with Crippen molar-refractivity contribution in [3.05, 3.63) is 0 Å². The van der Waals surface area contributed by atoms with Crippen LogP contribution in [-0.4, -0.2) is 169 Å². The molecule has 0 aromatic carbocycles. The summed E-state index contributed by atoms with van der Waals surface area (Å²) in [5.74, 6) is -10.9. The van der Waals surface area contributed by atoms with Crippen LogP contribution in [0.4, 0.5) is 0 Å². The van der Waals surface area contributed by atoms with E-state index in [9.17, 15) is 54.2 Å². The van der Waals surface area contributed by atoms with Crippen molar-refractivity contribution in [2.75, 3.05) is 26.8 Å². The average molecular weight is 855 g/mol. The van der Waals surface area contributed by atoms with Crippen molar-refractivity contribution >= 4 is 47.6 Å². The minimum absolute atomic E-state index is 0.0104. The number of amides is 6. The van der Waals surface area contributed by atoms with E-state index in [0.717, 1.165) is 30.3 Å². The van der Waals surface area contributed by atoms with E-state index in [-0.39, 0.29) is 54.7 Å². The number of carbonyl (C=O) groups is 7. The summed E-state index contributed by atoms with van der Waals surface area (Å²) in [6.07, 6.45) is 0.467. The number of fused-ring (bicyclic) bond motifs is 2. The van der Waals surface area contributed by atoms with E-state index in [1.165, 1.54) is 27.2 Å². The molecule has 0 aromatic heterocycles. The third-order valence-electron chi connectivity index (χ3n) is 11.5. The maximum absolute atomic E-state index is 14.8. The van der Waals surface area contributed by atoms with Crippen LogP contribution in [0.2, 0.25) is 0 Å². The number of hydroxylamine groups is 4. The first kappa shape index (κ1) is 48.3. The highest BCUT2D eigenvalue weighted by atomic mass is 16.6. The maximum atomic E-state index is 14.8. The number of esters is 1. The number of methoxy groups -OCH3 is 1. The lowest BCUT2D eigenvalue weighted by Gasteiger charge is -2.47. The first-order valence-corrected chi connectivity index (χ1v) is 20.4. The largest absolute Gasteiger partial charge is 0.458 e. The van der Waals surface area contributed by atoms with Crippen molar-refractivity contribution < 1.29 is 68.4 Å². The Morgan fingerprint density at radius 3 is 2.32 bits per heavy atom. The van der Waals surface area contributed by atoms with Crippen LogP contribution in [0.5, 0.6) is 0 Å². The molecule has 0 aromatic rings. The quantitative estimate of drug-likeness (QED) is 0.111. The lowest BCUT2D eigenvalue weighted by Crippen LogP contribution is -2.70. The van der Waals surface area contributed by atoms with Gasteiger partial charge in [0.25, 0.3) is 29.5 Å². The molecular weight excluding hydrogens is 792 g/mol. The van der Waals surface area contributed by atoms with Crippen molar-refractivity contribution in [2.24, 2.45) is 22.9 Å². The Morgan fingerprint density at radius 2 is 1.70 bits per heavy atom. The fraction of sp³-hybridized carbons (Fsp3) is 0.789. The topological polar surface area (TPSA) is 290 Å². The number of nitrogens with one attached hydrogen (secondary N) is 3. The summed E-state index contributed by atoms with van der Waals surface area (Å²) in [5, 5.41) is 56.2. The number of cyclic esters (lactones) is 1. The van der Waals surface area contributed by atoms with Gasteiger partial charge in [-0.05, 0) is 77.0 Å². The zero-order valence-electron chi connectivity index (χ0n) is 35.5. The van der Waals surface area contributed by atoms with Crippen LogP contribution in [0.25, 0.3) is 0 Å². The molecular formula is C38H62N8O14. The molecule has 4 aliphatic rings. The van der Waals surface area contributed by atoms with E-state index in [1.807, 2.05) is 13.8 Å². The summed E-state index contributed by atoms with van der Waals surface area (Å²) in [6, 6.07) is -8.47. The standard InChI is InChI=1S/C38H62N8O14/c1-20(2)17-24-13-14-38(55,60-23(24)6)37(7,54)36(53)42-29-30(21(3)4)59-35(52)22(5)45(56)32(49)25-11-9-15-40-43(25)28(47)18-39-31(48)27(19-58-8)46(57)33(50)26-12-10-16-41-44(26)34(29)51/h15,20-27,29-30,41,54-57H,9-14,16-19H2,1-8H3,(H,39,48)(H,42,53)/t22-,23+,24+,25+,26-,27+,29+,30+,37-,38+/m1/s1. The van der Waals surface area contributed by atoms with Crippen molar-refractivity contribution in [3.8, 4) is 0 Å². The third-order valence-corrected chi connectivity index (χ3v) is 11.5. The molecule has 7 N–H and O–H groups in total. The SMILES string of the molecule is COC[C@H]1C(=O)NCC(=O)N2N=CCC[C@H]2C(=O)N(O)[C@H](C)C(=O)O[C@@H](C(C)C)[C@H](NC(=O)[C@@](C)(O)[C@]2(O)CC[C@@H](CC(C)C)[C@H](C)O2)C(=O)N2NCCC[C@@H]2C(=O)N1O. The second kappa shape index (κ2) is 20.0. The van der Waals surface area contributed by atoms with Crippen LogP contribution in [0, 0.1) is 17.8 Å².